The second-order valence-electron chi connectivity index (χ2n) is 6.86. The van der Waals surface area contributed by atoms with Gasteiger partial charge >= 0.3 is 0 Å². The van der Waals surface area contributed by atoms with Gasteiger partial charge in [-0.2, -0.15) is 0 Å². The third-order valence-electron chi connectivity index (χ3n) is 5.32. The van der Waals surface area contributed by atoms with Crippen molar-refractivity contribution in [3.8, 4) is 0 Å². The van der Waals surface area contributed by atoms with E-state index in [1.54, 1.807) is 11.3 Å². The highest BCUT2D eigenvalue weighted by atomic mass is 35.5. The van der Waals surface area contributed by atoms with E-state index < -0.39 is 0 Å². The molecular formula is C20H20ClNO2S. The number of hydrogen-bond donors (Lipinski definition) is 0. The van der Waals surface area contributed by atoms with Crippen LogP contribution in [0.1, 0.15) is 47.7 Å². The highest BCUT2D eigenvalue weighted by molar-refractivity contribution is 7.10. The van der Waals surface area contributed by atoms with Gasteiger partial charge in [-0.25, -0.2) is 0 Å². The molecule has 1 fully saturated rings. The molecule has 1 amide bonds. The first kappa shape index (κ1) is 16.8. The summed E-state index contributed by atoms with van der Waals surface area (Å²) < 4.78 is 0. The van der Waals surface area contributed by atoms with Crippen LogP contribution in [0.15, 0.2) is 35.7 Å². The summed E-state index contributed by atoms with van der Waals surface area (Å²) in [5.41, 5.74) is 2.45. The number of benzene rings is 1. The molecule has 0 saturated heterocycles. The lowest BCUT2D eigenvalue weighted by molar-refractivity contribution is -0.139. The zero-order valence-electron chi connectivity index (χ0n) is 13.9. The Morgan fingerprint density at radius 2 is 1.80 bits per heavy atom. The van der Waals surface area contributed by atoms with Gasteiger partial charge in [0.15, 0.2) is 0 Å². The number of amides is 1. The first-order valence-electron chi connectivity index (χ1n) is 8.77. The summed E-state index contributed by atoms with van der Waals surface area (Å²) in [6.45, 7) is 0.736. The van der Waals surface area contributed by atoms with E-state index in [0.717, 1.165) is 18.5 Å². The number of halogens is 1. The van der Waals surface area contributed by atoms with Crippen LogP contribution in [0.2, 0.25) is 5.02 Å². The molecular weight excluding hydrogens is 354 g/mol. The highest BCUT2D eigenvalue weighted by Crippen LogP contribution is 2.40. The standard InChI is InChI=1S/C20H20ClNO2S/c21-16-5-1-13(2-6-16)18-19-14(10-12-25-19)9-11-22(18)20(24)15-3-7-17(23)8-4-15/h1-2,5-6,10,12,15,18H,3-4,7-9,11H2. The first-order chi connectivity index (χ1) is 12.1. The Balaban J connectivity index is 1.67. The van der Waals surface area contributed by atoms with Gasteiger partial charge in [-0.3, -0.25) is 9.59 Å². The Kier molecular flexibility index (Phi) is 4.65. The quantitative estimate of drug-likeness (QED) is 0.769. The van der Waals surface area contributed by atoms with Crippen molar-refractivity contribution in [2.24, 2.45) is 5.92 Å². The Hall–Kier alpha value is -1.65. The van der Waals surface area contributed by atoms with Crippen LogP contribution >= 0.6 is 22.9 Å². The Morgan fingerprint density at radius 1 is 1.08 bits per heavy atom. The van der Waals surface area contributed by atoms with Crippen molar-refractivity contribution in [1.29, 1.82) is 0 Å². The summed E-state index contributed by atoms with van der Waals surface area (Å²) in [6.07, 6.45) is 3.37. The van der Waals surface area contributed by atoms with Crippen LogP contribution in [0.25, 0.3) is 0 Å². The number of nitrogens with zero attached hydrogens (tertiary/aromatic N) is 1. The number of ketones is 1. The van der Waals surface area contributed by atoms with Crippen molar-refractivity contribution in [1.82, 2.24) is 4.90 Å². The Labute approximate surface area is 156 Å². The Morgan fingerprint density at radius 3 is 2.52 bits per heavy atom. The van der Waals surface area contributed by atoms with Crippen LogP contribution in [0.3, 0.4) is 0 Å². The first-order valence-corrected chi connectivity index (χ1v) is 10.0. The van der Waals surface area contributed by atoms with E-state index in [-0.39, 0.29) is 23.7 Å². The molecule has 1 atom stereocenters. The largest absolute Gasteiger partial charge is 0.330 e. The minimum Gasteiger partial charge on any atom is -0.330 e. The molecule has 2 heterocycles. The lowest BCUT2D eigenvalue weighted by Gasteiger charge is -2.38. The molecule has 0 N–H and O–H groups in total. The van der Waals surface area contributed by atoms with Gasteiger partial charge in [0, 0.05) is 35.2 Å². The molecule has 0 bridgehead atoms. The van der Waals surface area contributed by atoms with Gasteiger partial charge in [-0.15, -0.1) is 11.3 Å². The molecule has 1 aromatic heterocycles. The predicted molar refractivity (Wildman–Crippen MR) is 100.0 cm³/mol. The predicted octanol–water partition coefficient (Wildman–Crippen LogP) is 4.63. The van der Waals surface area contributed by atoms with Crippen molar-refractivity contribution in [3.63, 3.8) is 0 Å². The number of thiophene rings is 1. The molecule has 130 valence electrons. The van der Waals surface area contributed by atoms with E-state index in [4.69, 9.17) is 11.6 Å². The third-order valence-corrected chi connectivity index (χ3v) is 6.59. The average molecular weight is 374 g/mol. The fourth-order valence-electron chi connectivity index (χ4n) is 3.94. The van der Waals surface area contributed by atoms with E-state index in [0.29, 0.717) is 30.7 Å². The molecule has 5 heteroatoms. The van der Waals surface area contributed by atoms with Crippen LogP contribution in [0.4, 0.5) is 0 Å². The van der Waals surface area contributed by atoms with Gasteiger partial charge in [0.1, 0.15) is 5.78 Å². The van der Waals surface area contributed by atoms with E-state index in [2.05, 4.69) is 11.4 Å². The minimum atomic E-state index is -0.0360. The topological polar surface area (TPSA) is 37.4 Å². The molecule has 2 aliphatic rings. The normalized spacial score (nSPS) is 21.2. The van der Waals surface area contributed by atoms with Gasteiger partial charge in [0.05, 0.1) is 6.04 Å². The third kappa shape index (κ3) is 3.25. The summed E-state index contributed by atoms with van der Waals surface area (Å²) in [6, 6.07) is 9.95. The zero-order chi connectivity index (χ0) is 17.4. The molecule has 3 nitrogen and oxygen atoms in total. The zero-order valence-corrected chi connectivity index (χ0v) is 15.5. The maximum atomic E-state index is 13.2. The average Bonchev–Trinajstić information content (AvgIpc) is 3.10. The van der Waals surface area contributed by atoms with Gasteiger partial charge in [-0.05, 0) is 54.0 Å². The fraction of sp³-hybridized carbons (Fsp3) is 0.400. The van der Waals surface area contributed by atoms with Gasteiger partial charge in [0.2, 0.25) is 5.91 Å². The highest BCUT2D eigenvalue weighted by Gasteiger charge is 2.37. The lowest BCUT2D eigenvalue weighted by Crippen LogP contribution is -2.44. The van der Waals surface area contributed by atoms with E-state index in [9.17, 15) is 9.59 Å². The summed E-state index contributed by atoms with van der Waals surface area (Å²) in [4.78, 5) is 28.0. The van der Waals surface area contributed by atoms with Crippen molar-refractivity contribution < 1.29 is 9.59 Å². The van der Waals surface area contributed by atoms with Gasteiger partial charge in [-0.1, -0.05) is 23.7 Å². The Bertz CT molecular complexity index is 788. The molecule has 0 radical (unpaired) electrons. The van der Waals surface area contributed by atoms with E-state index >= 15 is 0 Å². The van der Waals surface area contributed by atoms with E-state index in [1.807, 2.05) is 29.2 Å². The second kappa shape index (κ2) is 6.93. The summed E-state index contributed by atoms with van der Waals surface area (Å²) >= 11 is 7.77. The molecule has 25 heavy (non-hydrogen) atoms. The summed E-state index contributed by atoms with van der Waals surface area (Å²) in [5.74, 6) is 0.470. The molecule has 1 unspecified atom stereocenters. The number of carbonyl (C=O) groups excluding carboxylic acids is 2. The van der Waals surface area contributed by atoms with E-state index in [1.165, 1.54) is 10.4 Å². The van der Waals surface area contributed by atoms with Crippen molar-refractivity contribution in [3.05, 3.63) is 56.7 Å². The number of rotatable bonds is 2. The molecule has 4 rings (SSSR count). The summed E-state index contributed by atoms with van der Waals surface area (Å²) in [7, 11) is 0. The van der Waals surface area contributed by atoms with Crippen molar-refractivity contribution in [2.75, 3.05) is 6.54 Å². The summed E-state index contributed by atoms with van der Waals surface area (Å²) in [5, 5.41) is 2.82. The van der Waals surface area contributed by atoms with Crippen LogP contribution in [-0.2, 0) is 16.0 Å². The monoisotopic (exact) mass is 373 g/mol. The number of carbonyl (C=O) groups is 2. The van der Waals surface area contributed by atoms with Gasteiger partial charge in [0.25, 0.3) is 0 Å². The van der Waals surface area contributed by atoms with Crippen LogP contribution < -0.4 is 0 Å². The number of fused-ring (bicyclic) bond motifs is 1. The second-order valence-corrected chi connectivity index (χ2v) is 8.24. The smallest absolute Gasteiger partial charge is 0.226 e. The maximum Gasteiger partial charge on any atom is 0.226 e. The van der Waals surface area contributed by atoms with Crippen molar-refractivity contribution >= 4 is 34.6 Å². The molecule has 1 aliphatic carbocycles. The van der Waals surface area contributed by atoms with Gasteiger partial charge < -0.3 is 4.90 Å². The minimum absolute atomic E-state index is 0.0194. The molecule has 1 aliphatic heterocycles. The number of Topliss-reactive ketones (excluding diaryl/α,β-unsaturated/α-hetero) is 1. The molecule has 2 aromatic rings. The maximum absolute atomic E-state index is 13.2. The van der Waals surface area contributed by atoms with Crippen LogP contribution in [0.5, 0.6) is 0 Å². The van der Waals surface area contributed by atoms with Crippen LogP contribution in [0, 0.1) is 5.92 Å². The van der Waals surface area contributed by atoms with Crippen LogP contribution in [-0.4, -0.2) is 23.1 Å². The molecule has 1 saturated carbocycles. The molecule has 0 spiro atoms. The molecule has 1 aromatic carbocycles. The fourth-order valence-corrected chi connectivity index (χ4v) is 5.16. The number of hydrogen-bond acceptors (Lipinski definition) is 3. The van der Waals surface area contributed by atoms with Crippen molar-refractivity contribution in [2.45, 2.75) is 38.1 Å². The lowest BCUT2D eigenvalue weighted by atomic mass is 9.85. The SMILES string of the molecule is O=C1CCC(C(=O)N2CCc3ccsc3C2c2ccc(Cl)cc2)CC1.